The Balaban J connectivity index is 1.54. The highest BCUT2D eigenvalue weighted by molar-refractivity contribution is 5.73. The maximum Gasteiger partial charge on any atom is 0.219 e. The molecule has 138 valence electrons. The first-order valence-electron chi connectivity index (χ1n) is 9.59. The van der Waals surface area contributed by atoms with E-state index in [1.54, 1.807) is 6.92 Å². The highest BCUT2D eigenvalue weighted by atomic mass is 16.2. The highest BCUT2D eigenvalue weighted by Crippen LogP contribution is 2.33. The zero-order chi connectivity index (χ0) is 18.1. The summed E-state index contributed by atoms with van der Waals surface area (Å²) < 4.78 is 2.27. The fourth-order valence-corrected chi connectivity index (χ4v) is 4.26. The van der Waals surface area contributed by atoms with E-state index in [2.05, 4.69) is 50.9 Å². The van der Waals surface area contributed by atoms with Gasteiger partial charge in [-0.3, -0.25) is 9.69 Å². The van der Waals surface area contributed by atoms with Gasteiger partial charge in [0.05, 0.1) is 6.04 Å². The van der Waals surface area contributed by atoms with Gasteiger partial charge in [0.25, 0.3) is 0 Å². The van der Waals surface area contributed by atoms with Gasteiger partial charge >= 0.3 is 0 Å². The van der Waals surface area contributed by atoms with Gasteiger partial charge in [0.15, 0.2) is 0 Å². The largest absolute Gasteiger partial charge is 0.341 e. The minimum Gasteiger partial charge on any atom is -0.341 e. The summed E-state index contributed by atoms with van der Waals surface area (Å²) in [7, 11) is 0. The lowest BCUT2D eigenvalue weighted by Crippen LogP contribution is -2.32. The van der Waals surface area contributed by atoms with Crippen LogP contribution in [-0.2, 0) is 24.3 Å². The zero-order valence-electron chi connectivity index (χ0n) is 15.7. The molecule has 1 fully saturated rings. The Morgan fingerprint density at radius 1 is 1.19 bits per heavy atom. The fourth-order valence-electron chi connectivity index (χ4n) is 4.26. The minimum absolute atomic E-state index is 0.146. The molecule has 26 heavy (non-hydrogen) atoms. The van der Waals surface area contributed by atoms with Crippen LogP contribution in [0.15, 0.2) is 24.3 Å². The van der Waals surface area contributed by atoms with Crippen molar-refractivity contribution in [3.05, 3.63) is 47.0 Å². The van der Waals surface area contributed by atoms with Crippen molar-refractivity contribution < 1.29 is 4.79 Å². The third kappa shape index (κ3) is 3.38. The van der Waals surface area contributed by atoms with Crippen LogP contribution in [-0.4, -0.2) is 50.1 Å². The van der Waals surface area contributed by atoms with Gasteiger partial charge in [0.2, 0.25) is 5.91 Å². The predicted octanol–water partition coefficient (Wildman–Crippen LogP) is 2.33. The lowest BCUT2D eigenvalue weighted by Gasteiger charge is -2.25. The molecule has 1 unspecified atom stereocenters. The smallest absolute Gasteiger partial charge is 0.219 e. The second-order valence-electron chi connectivity index (χ2n) is 7.50. The highest BCUT2D eigenvalue weighted by Gasteiger charge is 2.32. The van der Waals surface area contributed by atoms with Crippen molar-refractivity contribution in [1.82, 2.24) is 24.6 Å². The number of hydrogen-bond donors (Lipinski definition) is 0. The summed E-state index contributed by atoms with van der Waals surface area (Å²) in [5.41, 5.74) is 2.66. The van der Waals surface area contributed by atoms with E-state index in [0.717, 1.165) is 57.2 Å². The third-order valence-corrected chi connectivity index (χ3v) is 5.63. The van der Waals surface area contributed by atoms with Crippen molar-refractivity contribution in [3.8, 4) is 0 Å². The average molecular weight is 353 g/mol. The first-order valence-corrected chi connectivity index (χ1v) is 9.59. The van der Waals surface area contributed by atoms with Gasteiger partial charge in [-0.05, 0) is 31.9 Å². The van der Waals surface area contributed by atoms with E-state index < -0.39 is 0 Å². The molecule has 0 saturated carbocycles. The van der Waals surface area contributed by atoms with Crippen molar-refractivity contribution in [3.63, 3.8) is 0 Å². The number of carbonyl (C=O) groups is 1. The lowest BCUT2D eigenvalue weighted by atomic mass is 10.1. The van der Waals surface area contributed by atoms with E-state index in [0.29, 0.717) is 6.04 Å². The van der Waals surface area contributed by atoms with Crippen LogP contribution >= 0.6 is 0 Å². The summed E-state index contributed by atoms with van der Waals surface area (Å²) in [6.07, 6.45) is 3.11. The number of aryl methyl sites for hydroxylation is 1. The van der Waals surface area contributed by atoms with Gasteiger partial charge in [-0.2, -0.15) is 0 Å². The Hall–Kier alpha value is -2.21. The van der Waals surface area contributed by atoms with Gasteiger partial charge in [-0.1, -0.05) is 29.8 Å². The van der Waals surface area contributed by atoms with E-state index >= 15 is 0 Å². The Morgan fingerprint density at radius 2 is 2.08 bits per heavy atom. The number of rotatable bonds is 3. The quantitative estimate of drug-likeness (QED) is 0.850. The molecule has 0 radical (unpaired) electrons. The van der Waals surface area contributed by atoms with Crippen LogP contribution in [0.1, 0.15) is 48.6 Å². The standard InChI is InChI=1S/C20H27N5O/c1-15-5-3-6-17(13-15)14-24-9-4-7-18(24)20-22-21-19-8-10-23(16(2)26)11-12-25(19)20/h3,5-6,13,18H,4,7-12,14H2,1-2H3. The molecule has 6 nitrogen and oxygen atoms in total. The monoisotopic (exact) mass is 353 g/mol. The van der Waals surface area contributed by atoms with Crippen LogP contribution < -0.4 is 0 Å². The summed E-state index contributed by atoms with van der Waals surface area (Å²) >= 11 is 0. The molecule has 1 aromatic heterocycles. The Morgan fingerprint density at radius 3 is 2.88 bits per heavy atom. The molecule has 0 aliphatic carbocycles. The summed E-state index contributed by atoms with van der Waals surface area (Å²) in [5, 5.41) is 9.03. The van der Waals surface area contributed by atoms with Crippen LogP contribution in [0.5, 0.6) is 0 Å². The van der Waals surface area contributed by atoms with Crippen molar-refractivity contribution in [2.45, 2.75) is 52.2 Å². The lowest BCUT2D eigenvalue weighted by molar-refractivity contribution is -0.128. The topological polar surface area (TPSA) is 54.3 Å². The summed E-state index contributed by atoms with van der Waals surface area (Å²) in [5.74, 6) is 2.24. The van der Waals surface area contributed by atoms with Crippen LogP contribution in [0.25, 0.3) is 0 Å². The molecule has 2 aromatic rings. The van der Waals surface area contributed by atoms with Gasteiger partial charge in [0.1, 0.15) is 11.6 Å². The predicted molar refractivity (Wildman–Crippen MR) is 99.5 cm³/mol. The molecule has 1 amide bonds. The molecule has 2 aliphatic rings. The van der Waals surface area contributed by atoms with Crippen LogP contribution in [0.3, 0.4) is 0 Å². The first-order chi connectivity index (χ1) is 12.6. The SMILES string of the molecule is CC(=O)N1CCc2nnc(C3CCCN3Cc3cccc(C)c3)n2CC1. The molecule has 6 heteroatoms. The Bertz CT molecular complexity index is 799. The zero-order valence-corrected chi connectivity index (χ0v) is 15.7. The molecule has 4 rings (SSSR count). The fraction of sp³-hybridized carbons (Fsp3) is 0.550. The van der Waals surface area contributed by atoms with E-state index in [9.17, 15) is 4.79 Å². The van der Waals surface area contributed by atoms with Gasteiger partial charge in [-0.15, -0.1) is 10.2 Å². The van der Waals surface area contributed by atoms with Gasteiger partial charge in [-0.25, -0.2) is 0 Å². The number of aromatic nitrogens is 3. The minimum atomic E-state index is 0.146. The molecule has 0 spiro atoms. The molecule has 1 aromatic carbocycles. The van der Waals surface area contributed by atoms with Crippen LogP contribution in [0, 0.1) is 6.92 Å². The number of carbonyl (C=O) groups excluding carboxylic acids is 1. The van der Waals surface area contributed by atoms with Crippen molar-refractivity contribution in [1.29, 1.82) is 0 Å². The number of nitrogens with zero attached hydrogens (tertiary/aromatic N) is 5. The molecule has 1 atom stereocenters. The van der Waals surface area contributed by atoms with Crippen LogP contribution in [0.2, 0.25) is 0 Å². The molecule has 3 heterocycles. The Kier molecular flexibility index (Phi) is 4.76. The second-order valence-corrected chi connectivity index (χ2v) is 7.50. The number of likely N-dealkylation sites (tertiary alicyclic amines) is 1. The maximum atomic E-state index is 11.7. The second kappa shape index (κ2) is 7.19. The Labute approximate surface area is 154 Å². The molecule has 2 aliphatic heterocycles. The number of hydrogen-bond acceptors (Lipinski definition) is 4. The summed E-state index contributed by atoms with van der Waals surface area (Å²) in [6, 6.07) is 9.07. The first kappa shape index (κ1) is 17.2. The van der Waals surface area contributed by atoms with E-state index in [4.69, 9.17) is 0 Å². The molecule has 1 saturated heterocycles. The van der Waals surface area contributed by atoms with Crippen molar-refractivity contribution in [2.75, 3.05) is 19.6 Å². The van der Waals surface area contributed by atoms with E-state index in [1.165, 1.54) is 17.5 Å². The third-order valence-electron chi connectivity index (χ3n) is 5.63. The maximum absolute atomic E-state index is 11.7. The average Bonchev–Trinajstić information content (AvgIpc) is 3.15. The van der Waals surface area contributed by atoms with E-state index in [1.807, 2.05) is 4.90 Å². The van der Waals surface area contributed by atoms with Gasteiger partial charge < -0.3 is 9.47 Å². The normalized spacial score (nSPS) is 20.8. The van der Waals surface area contributed by atoms with Crippen molar-refractivity contribution in [2.24, 2.45) is 0 Å². The van der Waals surface area contributed by atoms with E-state index in [-0.39, 0.29) is 5.91 Å². The molecular weight excluding hydrogens is 326 g/mol. The molecule has 0 bridgehead atoms. The summed E-state index contributed by atoms with van der Waals surface area (Å²) in [6.45, 7) is 8.13. The number of benzene rings is 1. The number of amides is 1. The molecular formula is C20H27N5O. The van der Waals surface area contributed by atoms with Gasteiger partial charge in [0, 0.05) is 39.5 Å². The van der Waals surface area contributed by atoms with Crippen LogP contribution in [0.4, 0.5) is 0 Å². The number of fused-ring (bicyclic) bond motifs is 1. The van der Waals surface area contributed by atoms with Crippen molar-refractivity contribution >= 4 is 5.91 Å². The summed E-state index contributed by atoms with van der Waals surface area (Å²) in [4.78, 5) is 16.2. The molecule has 0 N–H and O–H groups in total.